The molecule has 1 unspecified atom stereocenters. The first-order valence-corrected chi connectivity index (χ1v) is 4.67. The van der Waals surface area contributed by atoms with E-state index in [-0.39, 0.29) is 18.8 Å². The van der Waals surface area contributed by atoms with Gasteiger partial charge in [-0.1, -0.05) is 17.7 Å². The predicted molar refractivity (Wildman–Crippen MR) is 54.8 cm³/mol. The lowest BCUT2D eigenvalue weighted by Gasteiger charge is -2.22. The Morgan fingerprint density at radius 1 is 1.57 bits per heavy atom. The summed E-state index contributed by atoms with van der Waals surface area (Å²) in [6.07, 6.45) is 0.217. The van der Waals surface area contributed by atoms with E-state index in [2.05, 4.69) is 0 Å². The molecule has 0 saturated heterocycles. The van der Waals surface area contributed by atoms with Crippen LogP contribution in [0.1, 0.15) is 12.5 Å². The van der Waals surface area contributed by atoms with Crippen molar-refractivity contribution in [2.45, 2.75) is 18.9 Å². The Labute approximate surface area is 87.5 Å². The number of benzene rings is 1. The normalized spacial score (nSPS) is 15.2. The van der Waals surface area contributed by atoms with Gasteiger partial charge in [0.05, 0.1) is 6.61 Å². The maximum atomic E-state index is 13.3. The molecule has 1 atom stereocenters. The van der Waals surface area contributed by atoms with Crippen LogP contribution in [0.5, 0.6) is 0 Å². The van der Waals surface area contributed by atoms with Crippen LogP contribution in [0.15, 0.2) is 18.2 Å². The van der Waals surface area contributed by atoms with Crippen molar-refractivity contribution in [3.63, 3.8) is 0 Å². The lowest BCUT2D eigenvalue weighted by Crippen LogP contribution is -2.42. The van der Waals surface area contributed by atoms with Gasteiger partial charge in [-0.3, -0.25) is 0 Å². The number of rotatable bonds is 3. The van der Waals surface area contributed by atoms with Gasteiger partial charge in [0.1, 0.15) is 5.82 Å². The molecule has 0 fully saturated rings. The molecule has 14 heavy (non-hydrogen) atoms. The Morgan fingerprint density at radius 2 is 2.21 bits per heavy atom. The van der Waals surface area contributed by atoms with Gasteiger partial charge in [0.15, 0.2) is 0 Å². The largest absolute Gasteiger partial charge is 0.394 e. The van der Waals surface area contributed by atoms with Gasteiger partial charge in [0.25, 0.3) is 0 Å². The molecule has 0 aliphatic rings. The zero-order valence-corrected chi connectivity index (χ0v) is 8.68. The minimum Gasteiger partial charge on any atom is -0.394 e. The number of hydrogen-bond acceptors (Lipinski definition) is 2. The molecule has 0 aliphatic carbocycles. The fourth-order valence-corrected chi connectivity index (χ4v) is 1.39. The quantitative estimate of drug-likeness (QED) is 0.810. The molecule has 0 spiro atoms. The average Bonchev–Trinajstić information content (AvgIpc) is 2.12. The summed E-state index contributed by atoms with van der Waals surface area (Å²) in [6, 6.07) is 4.47. The van der Waals surface area contributed by atoms with Crippen molar-refractivity contribution >= 4 is 11.6 Å². The molecule has 1 rings (SSSR count). The van der Waals surface area contributed by atoms with Crippen LogP contribution in [0, 0.1) is 5.82 Å². The van der Waals surface area contributed by atoms with E-state index in [4.69, 9.17) is 22.4 Å². The second kappa shape index (κ2) is 4.26. The average molecular weight is 218 g/mol. The molecule has 0 aliphatic heterocycles. The van der Waals surface area contributed by atoms with E-state index in [1.807, 2.05) is 0 Å². The molecule has 3 N–H and O–H groups in total. The molecule has 0 bridgehead atoms. The second-order valence-corrected chi connectivity index (χ2v) is 4.10. The van der Waals surface area contributed by atoms with Gasteiger partial charge in [-0.05, 0) is 25.5 Å². The highest BCUT2D eigenvalue weighted by atomic mass is 35.5. The van der Waals surface area contributed by atoms with E-state index in [0.717, 1.165) is 0 Å². The minimum absolute atomic E-state index is 0.211. The molecule has 0 heterocycles. The van der Waals surface area contributed by atoms with Gasteiger partial charge in [-0.25, -0.2) is 4.39 Å². The predicted octanol–water partition coefficient (Wildman–Crippen LogP) is 1.73. The fraction of sp³-hybridized carbons (Fsp3) is 0.400. The molecule has 1 aromatic rings. The van der Waals surface area contributed by atoms with Crippen LogP contribution in [-0.2, 0) is 6.42 Å². The Bertz CT molecular complexity index is 308. The maximum Gasteiger partial charge on any atom is 0.127 e. The van der Waals surface area contributed by atoms with Gasteiger partial charge in [0.2, 0.25) is 0 Å². The number of aliphatic hydroxyl groups is 1. The number of halogens is 2. The van der Waals surface area contributed by atoms with Crippen molar-refractivity contribution < 1.29 is 9.50 Å². The monoisotopic (exact) mass is 217 g/mol. The summed E-state index contributed by atoms with van der Waals surface area (Å²) in [5.41, 5.74) is 5.22. The fourth-order valence-electron chi connectivity index (χ4n) is 1.16. The van der Waals surface area contributed by atoms with Crippen LogP contribution < -0.4 is 5.73 Å². The van der Waals surface area contributed by atoms with E-state index in [9.17, 15) is 4.39 Å². The zero-order chi connectivity index (χ0) is 10.8. The molecular weight excluding hydrogens is 205 g/mol. The number of hydrogen-bond donors (Lipinski definition) is 2. The lowest BCUT2D eigenvalue weighted by molar-refractivity contribution is 0.207. The lowest BCUT2D eigenvalue weighted by atomic mass is 9.94. The standard InChI is InChI=1S/C10H13ClFNO/c1-10(13,6-14)5-7-8(11)3-2-4-9(7)12/h2-4,14H,5-6,13H2,1H3. The summed E-state index contributed by atoms with van der Waals surface area (Å²) in [5.74, 6) is -0.386. The van der Waals surface area contributed by atoms with Crippen molar-refractivity contribution in [2.24, 2.45) is 5.73 Å². The highest BCUT2D eigenvalue weighted by Crippen LogP contribution is 2.22. The van der Waals surface area contributed by atoms with Crippen LogP contribution in [0.4, 0.5) is 4.39 Å². The van der Waals surface area contributed by atoms with Gasteiger partial charge in [-0.15, -0.1) is 0 Å². The molecule has 0 aromatic heterocycles. The van der Waals surface area contributed by atoms with Crippen LogP contribution >= 0.6 is 11.6 Å². The van der Waals surface area contributed by atoms with Crippen LogP contribution in [-0.4, -0.2) is 17.3 Å². The zero-order valence-electron chi connectivity index (χ0n) is 7.93. The molecule has 0 amide bonds. The SMILES string of the molecule is CC(N)(CO)Cc1c(F)cccc1Cl. The summed E-state index contributed by atoms with van der Waals surface area (Å²) in [4.78, 5) is 0. The Balaban J connectivity index is 2.97. The van der Waals surface area contributed by atoms with E-state index < -0.39 is 5.54 Å². The Kier molecular flexibility index (Phi) is 3.48. The van der Waals surface area contributed by atoms with Crippen LogP contribution in [0.25, 0.3) is 0 Å². The summed E-state index contributed by atoms with van der Waals surface area (Å²) in [6.45, 7) is 1.44. The molecule has 1 aromatic carbocycles. The number of aliphatic hydroxyl groups excluding tert-OH is 1. The van der Waals surface area contributed by atoms with E-state index >= 15 is 0 Å². The van der Waals surface area contributed by atoms with E-state index in [0.29, 0.717) is 10.6 Å². The van der Waals surface area contributed by atoms with E-state index in [1.165, 1.54) is 12.1 Å². The van der Waals surface area contributed by atoms with Crippen molar-refractivity contribution in [1.82, 2.24) is 0 Å². The summed E-state index contributed by atoms with van der Waals surface area (Å²) < 4.78 is 13.3. The topological polar surface area (TPSA) is 46.2 Å². The van der Waals surface area contributed by atoms with Gasteiger partial charge in [-0.2, -0.15) is 0 Å². The van der Waals surface area contributed by atoms with Crippen LogP contribution in [0.3, 0.4) is 0 Å². The Hall–Kier alpha value is -0.640. The highest BCUT2D eigenvalue weighted by molar-refractivity contribution is 6.31. The summed E-state index contributed by atoms with van der Waals surface area (Å²) in [5, 5.41) is 9.29. The van der Waals surface area contributed by atoms with Gasteiger partial charge in [0, 0.05) is 16.1 Å². The van der Waals surface area contributed by atoms with Crippen molar-refractivity contribution in [3.05, 3.63) is 34.6 Å². The minimum atomic E-state index is -0.841. The van der Waals surface area contributed by atoms with Crippen molar-refractivity contribution in [2.75, 3.05) is 6.61 Å². The first kappa shape index (κ1) is 11.4. The molecule has 0 radical (unpaired) electrons. The first-order valence-electron chi connectivity index (χ1n) is 4.29. The molecular formula is C10H13ClFNO. The maximum absolute atomic E-state index is 13.3. The van der Waals surface area contributed by atoms with E-state index in [1.54, 1.807) is 13.0 Å². The molecule has 78 valence electrons. The smallest absolute Gasteiger partial charge is 0.127 e. The second-order valence-electron chi connectivity index (χ2n) is 3.69. The summed E-state index contributed by atoms with van der Waals surface area (Å²) in [7, 11) is 0. The highest BCUT2D eigenvalue weighted by Gasteiger charge is 2.21. The van der Waals surface area contributed by atoms with Gasteiger partial charge < -0.3 is 10.8 Å². The van der Waals surface area contributed by atoms with Crippen molar-refractivity contribution in [3.8, 4) is 0 Å². The molecule has 0 saturated carbocycles. The molecule has 4 heteroatoms. The third-order valence-electron chi connectivity index (χ3n) is 2.00. The number of nitrogens with two attached hydrogens (primary N) is 1. The first-order chi connectivity index (χ1) is 6.46. The Morgan fingerprint density at radius 3 is 2.71 bits per heavy atom. The van der Waals surface area contributed by atoms with Crippen molar-refractivity contribution in [1.29, 1.82) is 0 Å². The third-order valence-corrected chi connectivity index (χ3v) is 2.36. The molecule has 2 nitrogen and oxygen atoms in total. The van der Waals surface area contributed by atoms with Gasteiger partial charge >= 0.3 is 0 Å². The van der Waals surface area contributed by atoms with Crippen LogP contribution in [0.2, 0.25) is 5.02 Å². The third kappa shape index (κ3) is 2.67. The summed E-state index contributed by atoms with van der Waals surface area (Å²) >= 11 is 5.82.